The van der Waals surface area contributed by atoms with Crippen molar-refractivity contribution in [2.24, 2.45) is 0 Å². The molecule has 0 aliphatic rings. The zero-order chi connectivity index (χ0) is 18.0. The summed E-state index contributed by atoms with van der Waals surface area (Å²) in [5.74, 6) is 0.623. The van der Waals surface area contributed by atoms with Crippen LogP contribution >= 0.6 is 0 Å². The van der Waals surface area contributed by atoms with Crippen LogP contribution in [0, 0.1) is 0 Å². The molecule has 0 aliphatic carbocycles. The second-order valence-electron chi connectivity index (χ2n) is 4.92. The van der Waals surface area contributed by atoms with Crippen molar-refractivity contribution in [2.45, 2.75) is 9.79 Å². The van der Waals surface area contributed by atoms with Gasteiger partial charge in [-0.3, -0.25) is 4.72 Å². The lowest BCUT2D eigenvalue weighted by Crippen LogP contribution is -2.15. The van der Waals surface area contributed by atoms with Crippen LogP contribution in [0.5, 0.6) is 11.5 Å². The molecule has 24 heavy (non-hydrogen) atoms. The largest absolute Gasteiger partial charge is 0.497 e. The van der Waals surface area contributed by atoms with E-state index in [4.69, 9.17) is 9.47 Å². The summed E-state index contributed by atoms with van der Waals surface area (Å²) >= 11 is 0. The predicted molar refractivity (Wildman–Crippen MR) is 89.9 cm³/mol. The SMILES string of the molecule is COc1ccc(NS(=O)(=O)c2cc(S(C)(=O)=O)ccc2OC)cc1. The summed E-state index contributed by atoms with van der Waals surface area (Å²) < 4.78 is 61.0. The summed E-state index contributed by atoms with van der Waals surface area (Å²) in [4.78, 5) is -0.373. The van der Waals surface area contributed by atoms with Gasteiger partial charge in [-0.1, -0.05) is 0 Å². The Morgan fingerprint density at radius 2 is 1.50 bits per heavy atom. The Hall–Kier alpha value is -2.26. The lowest BCUT2D eigenvalue weighted by molar-refractivity contribution is 0.402. The quantitative estimate of drug-likeness (QED) is 0.833. The zero-order valence-electron chi connectivity index (χ0n) is 13.3. The van der Waals surface area contributed by atoms with Crippen LogP contribution in [0.4, 0.5) is 5.69 Å². The fraction of sp³-hybridized carbons (Fsp3) is 0.200. The van der Waals surface area contributed by atoms with E-state index in [2.05, 4.69) is 4.72 Å². The number of rotatable bonds is 6. The van der Waals surface area contributed by atoms with E-state index in [0.717, 1.165) is 12.3 Å². The molecule has 0 heterocycles. The van der Waals surface area contributed by atoms with Crippen molar-refractivity contribution < 1.29 is 26.3 Å². The average molecular weight is 371 g/mol. The monoisotopic (exact) mass is 371 g/mol. The molecular weight excluding hydrogens is 354 g/mol. The fourth-order valence-electron chi connectivity index (χ4n) is 1.97. The fourth-order valence-corrected chi connectivity index (χ4v) is 3.94. The molecule has 9 heteroatoms. The molecule has 2 aromatic carbocycles. The van der Waals surface area contributed by atoms with Gasteiger partial charge in [0.05, 0.1) is 19.1 Å². The number of benzene rings is 2. The van der Waals surface area contributed by atoms with Crippen LogP contribution < -0.4 is 14.2 Å². The standard InChI is InChI=1S/C15H17NO6S2/c1-21-12-6-4-11(5-7-12)16-24(19,20)15-10-13(23(3,17)18)8-9-14(15)22-2/h4-10,16H,1-3H3. The number of hydrogen-bond donors (Lipinski definition) is 1. The summed E-state index contributed by atoms with van der Waals surface area (Å²) in [5.41, 5.74) is 0.308. The molecule has 0 fully saturated rings. The van der Waals surface area contributed by atoms with E-state index >= 15 is 0 Å². The van der Waals surface area contributed by atoms with E-state index in [0.29, 0.717) is 11.4 Å². The molecule has 0 saturated heterocycles. The first-order valence-electron chi connectivity index (χ1n) is 6.72. The molecule has 2 rings (SSSR count). The van der Waals surface area contributed by atoms with E-state index in [1.165, 1.54) is 38.5 Å². The number of sulfone groups is 1. The minimum atomic E-state index is -4.04. The Bertz CT molecular complexity index is 934. The molecule has 0 aromatic heterocycles. The molecule has 0 spiro atoms. The third-order valence-corrected chi connectivity index (χ3v) is 5.71. The van der Waals surface area contributed by atoms with Gasteiger partial charge in [0.25, 0.3) is 10.0 Å². The maximum Gasteiger partial charge on any atom is 0.265 e. The first-order valence-corrected chi connectivity index (χ1v) is 10.1. The van der Waals surface area contributed by atoms with Crippen molar-refractivity contribution in [1.29, 1.82) is 0 Å². The minimum absolute atomic E-state index is 0.0448. The smallest absolute Gasteiger partial charge is 0.265 e. The summed E-state index contributed by atoms with van der Waals surface area (Å²) in [6.45, 7) is 0. The number of hydrogen-bond acceptors (Lipinski definition) is 6. The van der Waals surface area contributed by atoms with Crippen molar-refractivity contribution in [3.63, 3.8) is 0 Å². The molecule has 0 atom stereocenters. The van der Waals surface area contributed by atoms with Gasteiger partial charge in [-0.2, -0.15) is 0 Å². The number of ether oxygens (including phenoxy) is 2. The van der Waals surface area contributed by atoms with Gasteiger partial charge >= 0.3 is 0 Å². The molecule has 0 saturated carbocycles. The number of anilines is 1. The van der Waals surface area contributed by atoms with Gasteiger partial charge in [0.15, 0.2) is 9.84 Å². The summed E-state index contributed by atoms with van der Waals surface area (Å²) in [5, 5.41) is 0. The van der Waals surface area contributed by atoms with Gasteiger partial charge in [-0.05, 0) is 42.5 Å². The van der Waals surface area contributed by atoms with Crippen LogP contribution in [0.1, 0.15) is 0 Å². The van der Waals surface area contributed by atoms with Gasteiger partial charge in [-0.15, -0.1) is 0 Å². The molecule has 0 aliphatic heterocycles. The highest BCUT2D eigenvalue weighted by Crippen LogP contribution is 2.29. The third-order valence-electron chi connectivity index (χ3n) is 3.19. The van der Waals surface area contributed by atoms with Crippen molar-refractivity contribution in [3.8, 4) is 11.5 Å². The lowest BCUT2D eigenvalue weighted by Gasteiger charge is -2.13. The van der Waals surface area contributed by atoms with Crippen molar-refractivity contribution in [3.05, 3.63) is 42.5 Å². The molecule has 7 nitrogen and oxygen atoms in total. The lowest BCUT2D eigenvalue weighted by atomic mass is 10.3. The Morgan fingerprint density at radius 1 is 0.875 bits per heavy atom. The van der Waals surface area contributed by atoms with Gasteiger partial charge in [0.2, 0.25) is 0 Å². The van der Waals surface area contributed by atoms with Gasteiger partial charge in [-0.25, -0.2) is 16.8 Å². The second-order valence-corrected chi connectivity index (χ2v) is 8.59. The summed E-state index contributed by atoms with van der Waals surface area (Å²) in [6.07, 6.45) is 1.00. The summed E-state index contributed by atoms with van der Waals surface area (Å²) in [6, 6.07) is 9.93. The van der Waals surface area contributed by atoms with E-state index in [1.807, 2.05) is 0 Å². The van der Waals surface area contributed by atoms with Crippen LogP contribution in [-0.4, -0.2) is 37.3 Å². The predicted octanol–water partition coefficient (Wildman–Crippen LogP) is 1.91. The normalized spacial score (nSPS) is 11.8. The Morgan fingerprint density at radius 3 is 2.00 bits per heavy atom. The maximum absolute atomic E-state index is 12.6. The highest BCUT2D eigenvalue weighted by atomic mass is 32.2. The van der Waals surface area contributed by atoms with Gasteiger partial charge in [0, 0.05) is 11.9 Å². The minimum Gasteiger partial charge on any atom is -0.497 e. The molecule has 0 radical (unpaired) electrons. The zero-order valence-corrected chi connectivity index (χ0v) is 14.9. The molecule has 1 N–H and O–H groups in total. The molecule has 130 valence electrons. The number of nitrogens with one attached hydrogen (secondary N) is 1. The first kappa shape index (κ1) is 18.1. The van der Waals surface area contributed by atoms with Crippen molar-refractivity contribution in [2.75, 3.05) is 25.2 Å². The maximum atomic E-state index is 12.6. The molecular formula is C15H17NO6S2. The van der Waals surface area contributed by atoms with Crippen LogP contribution in [0.25, 0.3) is 0 Å². The Balaban J connectivity index is 2.47. The highest BCUT2D eigenvalue weighted by molar-refractivity contribution is 7.93. The van der Waals surface area contributed by atoms with Gasteiger partial charge < -0.3 is 9.47 Å². The average Bonchev–Trinajstić information content (AvgIpc) is 2.53. The van der Waals surface area contributed by atoms with E-state index in [9.17, 15) is 16.8 Å². The molecule has 0 amide bonds. The van der Waals surface area contributed by atoms with Crippen LogP contribution in [0.3, 0.4) is 0 Å². The molecule has 0 bridgehead atoms. The number of sulfonamides is 1. The van der Waals surface area contributed by atoms with E-state index in [1.54, 1.807) is 12.1 Å². The number of methoxy groups -OCH3 is 2. The molecule has 0 unspecified atom stereocenters. The topological polar surface area (TPSA) is 98.8 Å². The Labute approximate surface area is 141 Å². The Kier molecular flexibility index (Phi) is 5.05. The third kappa shape index (κ3) is 3.98. The van der Waals surface area contributed by atoms with Crippen molar-refractivity contribution >= 4 is 25.5 Å². The van der Waals surface area contributed by atoms with Crippen molar-refractivity contribution in [1.82, 2.24) is 0 Å². The van der Waals surface area contributed by atoms with Crippen LogP contribution in [0.15, 0.2) is 52.3 Å². The molecule has 2 aromatic rings. The van der Waals surface area contributed by atoms with Gasteiger partial charge in [0.1, 0.15) is 16.4 Å². The second kappa shape index (κ2) is 6.70. The van der Waals surface area contributed by atoms with Crippen LogP contribution in [-0.2, 0) is 19.9 Å². The van der Waals surface area contributed by atoms with E-state index < -0.39 is 19.9 Å². The van der Waals surface area contributed by atoms with E-state index in [-0.39, 0.29) is 15.5 Å². The van der Waals surface area contributed by atoms with Crippen LogP contribution in [0.2, 0.25) is 0 Å². The summed E-state index contributed by atoms with van der Waals surface area (Å²) in [7, 11) is -4.79. The highest BCUT2D eigenvalue weighted by Gasteiger charge is 2.22. The first-order chi connectivity index (χ1) is 11.2.